The maximum Gasteiger partial charge on any atom is 0.311 e. The van der Waals surface area contributed by atoms with Crippen molar-refractivity contribution in [1.82, 2.24) is 9.97 Å². The van der Waals surface area contributed by atoms with Crippen molar-refractivity contribution in [2.24, 2.45) is 5.84 Å². The van der Waals surface area contributed by atoms with Gasteiger partial charge in [0.15, 0.2) is 5.82 Å². The molecule has 1 aromatic carbocycles. The number of nitrogens with two attached hydrogens (primary N) is 1. The Morgan fingerprint density at radius 1 is 1.37 bits per heavy atom. The van der Waals surface area contributed by atoms with Crippen LogP contribution in [0.1, 0.15) is 0 Å². The predicted octanol–water partition coefficient (Wildman–Crippen LogP) is 2.23. The van der Waals surface area contributed by atoms with Crippen LogP contribution in [0.15, 0.2) is 35.1 Å². The van der Waals surface area contributed by atoms with Crippen molar-refractivity contribution >= 4 is 27.4 Å². The molecule has 0 bridgehead atoms. The van der Waals surface area contributed by atoms with Crippen LogP contribution in [-0.4, -0.2) is 14.9 Å². The molecule has 0 spiro atoms. The summed E-state index contributed by atoms with van der Waals surface area (Å²) in [5, 5.41) is 10.9. The number of para-hydroxylation sites is 2. The molecule has 0 aliphatic rings. The molecule has 0 atom stereocenters. The Morgan fingerprint density at radius 3 is 2.79 bits per heavy atom. The Balaban J connectivity index is 2.39. The van der Waals surface area contributed by atoms with Gasteiger partial charge in [-0.15, -0.1) is 0 Å². The van der Waals surface area contributed by atoms with Crippen molar-refractivity contribution in [3.63, 3.8) is 0 Å². The number of halogens is 1. The molecule has 0 saturated carbocycles. The van der Waals surface area contributed by atoms with E-state index >= 15 is 0 Å². The second-order valence-corrected chi connectivity index (χ2v) is 4.11. The first-order chi connectivity index (χ1) is 9.13. The van der Waals surface area contributed by atoms with Gasteiger partial charge in [0.25, 0.3) is 0 Å². The largest absolute Gasteiger partial charge is 0.430 e. The van der Waals surface area contributed by atoms with Gasteiger partial charge in [-0.3, -0.25) is 10.1 Å². The van der Waals surface area contributed by atoms with Crippen molar-refractivity contribution in [1.29, 1.82) is 0 Å². The van der Waals surface area contributed by atoms with E-state index < -0.39 is 4.92 Å². The van der Waals surface area contributed by atoms with E-state index in [-0.39, 0.29) is 17.3 Å². The van der Waals surface area contributed by atoms with Crippen molar-refractivity contribution in [2.75, 3.05) is 5.43 Å². The summed E-state index contributed by atoms with van der Waals surface area (Å²) < 4.78 is 5.78. The molecule has 19 heavy (non-hydrogen) atoms. The summed E-state index contributed by atoms with van der Waals surface area (Å²) in [6.45, 7) is 0. The molecule has 2 aromatic rings. The number of nitrogens with one attached hydrogen (secondary N) is 1. The fraction of sp³-hybridized carbons (Fsp3) is 0. The molecule has 0 saturated heterocycles. The molecule has 0 aliphatic carbocycles. The summed E-state index contributed by atoms with van der Waals surface area (Å²) in [4.78, 5) is 18.1. The lowest BCUT2D eigenvalue weighted by molar-refractivity contribution is -0.385. The van der Waals surface area contributed by atoms with Gasteiger partial charge in [-0.1, -0.05) is 12.1 Å². The van der Waals surface area contributed by atoms with Crippen LogP contribution in [0.2, 0.25) is 0 Å². The summed E-state index contributed by atoms with van der Waals surface area (Å²) in [7, 11) is 0. The monoisotopic (exact) mass is 325 g/mol. The van der Waals surface area contributed by atoms with Crippen molar-refractivity contribution in [3.05, 3.63) is 45.2 Å². The van der Waals surface area contributed by atoms with Crippen LogP contribution in [0.3, 0.4) is 0 Å². The minimum atomic E-state index is -0.535. The predicted molar refractivity (Wildman–Crippen MR) is 70.7 cm³/mol. The van der Waals surface area contributed by atoms with Gasteiger partial charge in [0, 0.05) is 6.07 Å². The van der Waals surface area contributed by atoms with Gasteiger partial charge in [-0.25, -0.2) is 15.8 Å². The van der Waals surface area contributed by atoms with Gasteiger partial charge < -0.3 is 10.2 Å². The summed E-state index contributed by atoms with van der Waals surface area (Å²) in [5.74, 6) is 5.77. The molecule has 9 heteroatoms. The first kappa shape index (κ1) is 13.2. The fourth-order valence-corrected chi connectivity index (χ4v) is 1.72. The van der Waals surface area contributed by atoms with E-state index in [1.54, 1.807) is 12.1 Å². The topological polar surface area (TPSA) is 116 Å². The zero-order valence-corrected chi connectivity index (χ0v) is 11.0. The van der Waals surface area contributed by atoms with Crippen LogP contribution < -0.4 is 16.0 Å². The third kappa shape index (κ3) is 2.77. The molecule has 1 aromatic heterocycles. The van der Waals surface area contributed by atoms with Crippen LogP contribution in [0.25, 0.3) is 0 Å². The highest BCUT2D eigenvalue weighted by atomic mass is 79.9. The van der Waals surface area contributed by atoms with Crippen molar-refractivity contribution < 1.29 is 9.66 Å². The molecule has 8 nitrogen and oxygen atoms in total. The maximum atomic E-state index is 10.9. The lowest BCUT2D eigenvalue weighted by atomic mass is 10.3. The van der Waals surface area contributed by atoms with E-state index in [4.69, 9.17) is 10.6 Å². The Kier molecular flexibility index (Phi) is 3.88. The number of nitrogen functional groups attached to an aromatic ring is 1. The molecular weight excluding hydrogens is 318 g/mol. The maximum absolute atomic E-state index is 10.9. The number of nitro groups is 1. The number of nitro benzene ring substituents is 1. The van der Waals surface area contributed by atoms with Gasteiger partial charge in [0.1, 0.15) is 10.8 Å². The van der Waals surface area contributed by atoms with Crippen molar-refractivity contribution in [2.45, 2.75) is 0 Å². The Bertz CT molecular complexity index is 622. The van der Waals surface area contributed by atoms with Crippen LogP contribution in [0.4, 0.5) is 11.5 Å². The van der Waals surface area contributed by atoms with Crippen LogP contribution in [0, 0.1) is 10.1 Å². The summed E-state index contributed by atoms with van der Waals surface area (Å²) in [6, 6.07) is 5.99. The standard InChI is InChI=1S/C10H8BrN5O3/c11-8-9(15-12)13-5-14-10(8)19-7-4-2-1-3-6(7)16(17)18/h1-5H,12H2,(H,13,14,15). The van der Waals surface area contributed by atoms with Gasteiger partial charge in [0.05, 0.1) is 4.92 Å². The lowest BCUT2D eigenvalue weighted by Gasteiger charge is -2.08. The minimum absolute atomic E-state index is 0.0786. The number of nitrogens with zero attached hydrogens (tertiary/aromatic N) is 3. The van der Waals surface area contributed by atoms with Crippen LogP contribution >= 0.6 is 15.9 Å². The first-order valence-corrected chi connectivity index (χ1v) is 5.81. The van der Waals surface area contributed by atoms with Crippen molar-refractivity contribution in [3.8, 4) is 11.6 Å². The zero-order chi connectivity index (χ0) is 13.8. The number of aromatic nitrogens is 2. The van der Waals surface area contributed by atoms with E-state index in [0.29, 0.717) is 10.3 Å². The molecule has 0 amide bonds. The van der Waals surface area contributed by atoms with Gasteiger partial charge in [-0.2, -0.15) is 0 Å². The van der Waals surface area contributed by atoms with E-state index in [1.165, 1.54) is 18.5 Å². The third-order valence-corrected chi connectivity index (χ3v) is 2.88. The zero-order valence-electron chi connectivity index (χ0n) is 9.41. The number of ether oxygens (including phenoxy) is 1. The van der Waals surface area contributed by atoms with E-state index in [2.05, 4.69) is 31.3 Å². The number of rotatable bonds is 4. The molecule has 3 N–H and O–H groups in total. The molecule has 0 fully saturated rings. The van der Waals surface area contributed by atoms with Gasteiger partial charge in [0.2, 0.25) is 11.6 Å². The normalized spacial score (nSPS) is 10.0. The third-order valence-electron chi connectivity index (χ3n) is 2.16. The first-order valence-electron chi connectivity index (χ1n) is 5.02. The molecule has 2 rings (SSSR count). The second kappa shape index (κ2) is 5.59. The second-order valence-electron chi connectivity index (χ2n) is 3.31. The quantitative estimate of drug-likeness (QED) is 0.502. The smallest absolute Gasteiger partial charge is 0.311 e. The highest BCUT2D eigenvalue weighted by Gasteiger charge is 2.17. The molecule has 0 unspecified atom stereocenters. The highest BCUT2D eigenvalue weighted by Crippen LogP contribution is 2.35. The summed E-state index contributed by atoms with van der Waals surface area (Å²) >= 11 is 3.20. The Labute approximate surface area is 115 Å². The lowest BCUT2D eigenvalue weighted by Crippen LogP contribution is -2.10. The summed E-state index contributed by atoms with van der Waals surface area (Å²) in [6.07, 6.45) is 1.23. The average Bonchev–Trinajstić information content (AvgIpc) is 2.41. The van der Waals surface area contributed by atoms with Gasteiger partial charge in [-0.05, 0) is 22.0 Å². The number of hydrazine groups is 1. The van der Waals surface area contributed by atoms with Crippen LogP contribution in [0.5, 0.6) is 11.6 Å². The van der Waals surface area contributed by atoms with E-state index in [1.807, 2.05) is 0 Å². The number of hydrogen-bond acceptors (Lipinski definition) is 7. The van der Waals surface area contributed by atoms with Crippen LogP contribution in [-0.2, 0) is 0 Å². The molecule has 98 valence electrons. The Hall–Kier alpha value is -2.26. The summed E-state index contributed by atoms with van der Waals surface area (Å²) in [5.41, 5.74) is 2.19. The number of benzene rings is 1. The number of hydrogen-bond donors (Lipinski definition) is 2. The average molecular weight is 326 g/mol. The highest BCUT2D eigenvalue weighted by molar-refractivity contribution is 9.10. The number of anilines is 1. The minimum Gasteiger partial charge on any atom is -0.430 e. The fourth-order valence-electron chi connectivity index (χ4n) is 1.32. The molecule has 1 heterocycles. The SMILES string of the molecule is NNc1ncnc(Oc2ccccc2[N+](=O)[O-])c1Br. The van der Waals surface area contributed by atoms with Gasteiger partial charge >= 0.3 is 5.69 Å². The molecule has 0 aliphatic heterocycles. The molecule has 0 radical (unpaired) electrons. The van der Waals surface area contributed by atoms with E-state index in [0.717, 1.165) is 0 Å². The van der Waals surface area contributed by atoms with E-state index in [9.17, 15) is 10.1 Å². The molecular formula is C10H8BrN5O3. The Morgan fingerprint density at radius 2 is 2.11 bits per heavy atom.